The highest BCUT2D eigenvalue weighted by molar-refractivity contribution is 5.85. The molecule has 25 heavy (non-hydrogen) atoms. The Hall–Kier alpha value is -2.64. The van der Waals surface area contributed by atoms with Crippen LogP contribution in [0.3, 0.4) is 0 Å². The molecule has 1 saturated heterocycles. The van der Waals surface area contributed by atoms with Crippen molar-refractivity contribution in [2.45, 2.75) is 32.8 Å². The Bertz CT molecular complexity index is 833. The molecule has 0 aliphatic carbocycles. The maximum absolute atomic E-state index is 12.3. The van der Waals surface area contributed by atoms with Crippen molar-refractivity contribution in [3.8, 4) is 0 Å². The number of rotatable bonds is 1. The van der Waals surface area contributed by atoms with Crippen LogP contribution in [0.15, 0.2) is 21.3 Å². The molecule has 8 nitrogen and oxygen atoms in total. The summed E-state index contributed by atoms with van der Waals surface area (Å²) in [6.07, 6.45) is 0.510. The Balaban J connectivity index is 1.76. The molecule has 1 amide bonds. The van der Waals surface area contributed by atoms with Gasteiger partial charge in [0.05, 0.1) is 16.9 Å². The Labute approximate surface area is 145 Å². The number of aromatic amines is 1. The number of carbonyl (C=O) groups excluding carboxylic acids is 1. The Kier molecular flexibility index (Phi) is 4.36. The van der Waals surface area contributed by atoms with E-state index >= 15 is 0 Å². The van der Waals surface area contributed by atoms with Crippen LogP contribution < -0.4 is 16.4 Å². The first-order chi connectivity index (χ1) is 11.7. The van der Waals surface area contributed by atoms with E-state index in [0.29, 0.717) is 36.4 Å². The molecule has 136 valence electrons. The molecule has 0 saturated carbocycles. The maximum atomic E-state index is 12.3. The molecule has 1 aliphatic rings. The number of hydrogen-bond acceptors (Lipinski definition) is 6. The fourth-order valence-electron chi connectivity index (χ4n) is 2.94. The molecule has 8 heteroatoms. The van der Waals surface area contributed by atoms with Gasteiger partial charge in [-0.25, -0.2) is 9.59 Å². The highest BCUT2D eigenvalue weighted by Crippen LogP contribution is 2.29. The average Bonchev–Trinajstić information content (AvgIpc) is 2.70. The number of nitrogens with two attached hydrogens (primary N) is 1. The third-order valence-electron chi connectivity index (χ3n) is 4.06. The van der Waals surface area contributed by atoms with E-state index < -0.39 is 11.4 Å². The maximum Gasteiger partial charge on any atom is 0.417 e. The number of oxazole rings is 1. The Morgan fingerprint density at radius 3 is 2.72 bits per heavy atom. The molecule has 1 aromatic heterocycles. The number of hydrogen-bond donors (Lipinski definition) is 2. The number of ether oxygens (including phenoxy) is 1. The summed E-state index contributed by atoms with van der Waals surface area (Å²) in [5.74, 6) is -0.501. The van der Waals surface area contributed by atoms with Crippen molar-refractivity contribution in [1.82, 2.24) is 9.88 Å². The van der Waals surface area contributed by atoms with Crippen molar-refractivity contribution < 1.29 is 13.9 Å². The topological polar surface area (TPSA) is 105 Å². The zero-order chi connectivity index (χ0) is 18.2. The summed E-state index contributed by atoms with van der Waals surface area (Å²) in [6.45, 7) is 8.16. The molecule has 2 heterocycles. The van der Waals surface area contributed by atoms with Gasteiger partial charge in [-0.3, -0.25) is 4.98 Å². The van der Waals surface area contributed by atoms with Gasteiger partial charge in [-0.15, -0.1) is 0 Å². The van der Waals surface area contributed by atoms with E-state index in [1.165, 1.54) is 0 Å². The second-order valence-corrected chi connectivity index (χ2v) is 7.23. The molecule has 0 atom stereocenters. The van der Waals surface area contributed by atoms with Crippen molar-refractivity contribution in [3.05, 3.63) is 22.7 Å². The molecule has 0 unspecified atom stereocenters. The Morgan fingerprint density at radius 1 is 1.24 bits per heavy atom. The lowest BCUT2D eigenvalue weighted by Gasteiger charge is -2.27. The number of amides is 1. The molecule has 0 radical (unpaired) electrons. The second-order valence-electron chi connectivity index (χ2n) is 7.23. The minimum absolute atomic E-state index is 0.295. The molecule has 1 fully saturated rings. The van der Waals surface area contributed by atoms with Crippen LogP contribution in [0.5, 0.6) is 0 Å². The third kappa shape index (κ3) is 3.89. The van der Waals surface area contributed by atoms with Gasteiger partial charge in [0, 0.05) is 32.2 Å². The summed E-state index contributed by atoms with van der Waals surface area (Å²) in [6, 6.07) is 3.47. The monoisotopic (exact) mass is 348 g/mol. The SMILES string of the molecule is CC(C)(C)OC(=O)N1CCCN(c2cc3[nH]c(=O)oc3cc2N)CC1. The van der Waals surface area contributed by atoms with E-state index in [1.807, 2.05) is 26.8 Å². The summed E-state index contributed by atoms with van der Waals surface area (Å²) >= 11 is 0. The zero-order valence-electron chi connectivity index (χ0n) is 14.8. The summed E-state index contributed by atoms with van der Waals surface area (Å²) in [4.78, 5) is 30.1. The number of nitrogens with one attached hydrogen (secondary N) is 1. The largest absolute Gasteiger partial charge is 0.444 e. The average molecular weight is 348 g/mol. The van der Waals surface area contributed by atoms with Gasteiger partial charge in [0.2, 0.25) is 0 Å². The van der Waals surface area contributed by atoms with Gasteiger partial charge in [0.1, 0.15) is 5.60 Å². The number of H-pyrrole nitrogens is 1. The van der Waals surface area contributed by atoms with Crippen LogP contribution in [0.1, 0.15) is 27.2 Å². The summed E-state index contributed by atoms with van der Waals surface area (Å²) < 4.78 is 10.5. The Morgan fingerprint density at radius 2 is 2.00 bits per heavy atom. The summed E-state index contributed by atoms with van der Waals surface area (Å²) in [5.41, 5.74) is 8.05. The molecule has 1 aromatic carbocycles. The van der Waals surface area contributed by atoms with Crippen LogP contribution in [-0.2, 0) is 4.74 Å². The number of aromatic nitrogens is 1. The van der Waals surface area contributed by atoms with Gasteiger partial charge in [-0.2, -0.15) is 0 Å². The van der Waals surface area contributed by atoms with E-state index in [1.54, 1.807) is 11.0 Å². The zero-order valence-corrected chi connectivity index (χ0v) is 14.8. The van der Waals surface area contributed by atoms with Gasteiger partial charge >= 0.3 is 11.8 Å². The van der Waals surface area contributed by atoms with Gasteiger partial charge in [0.25, 0.3) is 0 Å². The van der Waals surface area contributed by atoms with Crippen LogP contribution in [0, 0.1) is 0 Å². The summed E-state index contributed by atoms with van der Waals surface area (Å²) in [7, 11) is 0. The van der Waals surface area contributed by atoms with Gasteiger partial charge in [0.15, 0.2) is 5.58 Å². The molecule has 3 rings (SSSR count). The van der Waals surface area contributed by atoms with E-state index in [0.717, 1.165) is 18.7 Å². The standard InChI is InChI=1S/C17H24N4O4/c1-17(2,3)25-16(23)21-6-4-5-20(7-8-21)13-10-12-14(9-11(13)18)24-15(22)19-12/h9-10H,4-8,18H2,1-3H3,(H,19,22). The first-order valence-electron chi connectivity index (χ1n) is 8.38. The fourth-order valence-corrected chi connectivity index (χ4v) is 2.94. The van der Waals surface area contributed by atoms with Crippen LogP contribution in [0.4, 0.5) is 16.2 Å². The molecular formula is C17H24N4O4. The quantitative estimate of drug-likeness (QED) is 0.765. The third-order valence-corrected chi connectivity index (χ3v) is 4.06. The molecule has 3 N–H and O–H groups in total. The lowest BCUT2D eigenvalue weighted by atomic mass is 10.2. The van der Waals surface area contributed by atoms with Crippen LogP contribution in [0.25, 0.3) is 11.1 Å². The molecule has 2 aromatic rings. The van der Waals surface area contributed by atoms with E-state index in [2.05, 4.69) is 9.88 Å². The molecule has 0 bridgehead atoms. The van der Waals surface area contributed by atoms with Crippen LogP contribution in [0.2, 0.25) is 0 Å². The highest BCUT2D eigenvalue weighted by atomic mass is 16.6. The first-order valence-corrected chi connectivity index (χ1v) is 8.38. The van der Waals surface area contributed by atoms with Crippen molar-refractivity contribution in [2.75, 3.05) is 36.8 Å². The molecular weight excluding hydrogens is 324 g/mol. The second kappa shape index (κ2) is 6.34. The number of carbonyl (C=O) groups is 1. The number of nitrogens with zero attached hydrogens (tertiary/aromatic N) is 2. The minimum Gasteiger partial charge on any atom is -0.444 e. The summed E-state index contributed by atoms with van der Waals surface area (Å²) in [5, 5.41) is 0. The smallest absolute Gasteiger partial charge is 0.417 e. The van der Waals surface area contributed by atoms with Crippen molar-refractivity contribution in [2.24, 2.45) is 0 Å². The lowest BCUT2D eigenvalue weighted by Crippen LogP contribution is -2.39. The van der Waals surface area contributed by atoms with E-state index in [-0.39, 0.29) is 6.09 Å². The molecule has 0 spiro atoms. The predicted molar refractivity (Wildman–Crippen MR) is 95.9 cm³/mol. The van der Waals surface area contributed by atoms with E-state index in [9.17, 15) is 9.59 Å². The highest BCUT2D eigenvalue weighted by Gasteiger charge is 2.25. The van der Waals surface area contributed by atoms with Crippen LogP contribution >= 0.6 is 0 Å². The van der Waals surface area contributed by atoms with Crippen molar-refractivity contribution in [1.29, 1.82) is 0 Å². The lowest BCUT2D eigenvalue weighted by molar-refractivity contribution is 0.0263. The van der Waals surface area contributed by atoms with Gasteiger partial charge in [-0.05, 0) is 33.3 Å². The number of benzene rings is 1. The molecule has 1 aliphatic heterocycles. The van der Waals surface area contributed by atoms with E-state index in [4.69, 9.17) is 14.9 Å². The van der Waals surface area contributed by atoms with Crippen molar-refractivity contribution in [3.63, 3.8) is 0 Å². The number of nitrogen functional groups attached to an aromatic ring is 1. The number of anilines is 2. The van der Waals surface area contributed by atoms with Crippen LogP contribution in [-0.4, -0.2) is 47.8 Å². The number of fused-ring (bicyclic) bond motifs is 1. The predicted octanol–water partition coefficient (Wildman–Crippen LogP) is 2.15. The fraction of sp³-hybridized carbons (Fsp3) is 0.529. The van der Waals surface area contributed by atoms with Gasteiger partial charge < -0.3 is 24.7 Å². The first kappa shape index (κ1) is 17.2. The van der Waals surface area contributed by atoms with Gasteiger partial charge in [-0.1, -0.05) is 0 Å². The van der Waals surface area contributed by atoms with Crippen molar-refractivity contribution >= 4 is 28.6 Å². The minimum atomic E-state index is -0.508. The normalized spacial score (nSPS) is 16.1.